The van der Waals surface area contributed by atoms with Crippen LogP contribution in [0.15, 0.2) is 24.3 Å². The highest BCUT2D eigenvalue weighted by molar-refractivity contribution is 5.73. The zero-order chi connectivity index (χ0) is 15.2. The van der Waals surface area contributed by atoms with Crippen LogP contribution in [0.1, 0.15) is 5.56 Å². The van der Waals surface area contributed by atoms with Gasteiger partial charge < -0.3 is 25.2 Å². The normalized spacial score (nSPS) is 16.3. The van der Waals surface area contributed by atoms with E-state index in [0.717, 1.165) is 5.56 Å². The lowest BCUT2D eigenvalue weighted by atomic mass is 10.1. The Labute approximate surface area is 122 Å². The Hall–Kier alpha value is -2.12. The van der Waals surface area contributed by atoms with Gasteiger partial charge in [-0.3, -0.25) is 4.79 Å². The third kappa shape index (κ3) is 4.44. The molecule has 0 saturated carbocycles. The van der Waals surface area contributed by atoms with Crippen molar-refractivity contribution >= 4 is 12.1 Å². The molecule has 1 aliphatic heterocycles. The molecule has 1 aromatic rings. The molecule has 21 heavy (non-hydrogen) atoms. The second-order valence-corrected chi connectivity index (χ2v) is 4.76. The smallest absolute Gasteiger partial charge is 0.415 e. The van der Waals surface area contributed by atoms with Gasteiger partial charge in [0.2, 0.25) is 0 Å². The predicted molar refractivity (Wildman–Crippen MR) is 74.2 cm³/mol. The summed E-state index contributed by atoms with van der Waals surface area (Å²) in [6.07, 6.45) is -0.180. The highest BCUT2D eigenvalue weighted by atomic mass is 16.6. The number of carbonyl (C=O) groups excluding carboxylic acids is 1. The molecule has 7 heteroatoms. The number of carboxylic acid groups (broad SMARTS) is 1. The third-order valence-corrected chi connectivity index (χ3v) is 3.17. The maximum atomic E-state index is 11.9. The van der Waals surface area contributed by atoms with E-state index in [0.29, 0.717) is 32.1 Å². The number of ether oxygens (including phenoxy) is 2. The van der Waals surface area contributed by atoms with E-state index in [4.69, 9.17) is 20.3 Å². The molecule has 0 aromatic heterocycles. The molecule has 0 bridgehead atoms. The van der Waals surface area contributed by atoms with E-state index in [1.54, 1.807) is 29.2 Å². The summed E-state index contributed by atoms with van der Waals surface area (Å²) < 4.78 is 10.4. The van der Waals surface area contributed by atoms with E-state index in [1.807, 2.05) is 0 Å². The molecule has 0 aliphatic carbocycles. The van der Waals surface area contributed by atoms with Gasteiger partial charge in [-0.15, -0.1) is 0 Å². The molecule has 1 amide bonds. The van der Waals surface area contributed by atoms with Crippen LogP contribution in [0.4, 0.5) is 4.79 Å². The van der Waals surface area contributed by atoms with Gasteiger partial charge in [-0.25, -0.2) is 4.79 Å². The zero-order valence-corrected chi connectivity index (χ0v) is 11.5. The molecule has 1 atom stereocenters. The quantitative estimate of drug-likeness (QED) is 0.837. The molecule has 114 valence electrons. The molecule has 1 heterocycles. The molecule has 0 unspecified atom stereocenters. The van der Waals surface area contributed by atoms with Gasteiger partial charge >= 0.3 is 12.1 Å². The summed E-state index contributed by atoms with van der Waals surface area (Å²) in [5.41, 5.74) is 6.24. The third-order valence-electron chi connectivity index (χ3n) is 3.17. The fourth-order valence-electron chi connectivity index (χ4n) is 1.95. The number of morpholine rings is 1. The number of hydrogen-bond acceptors (Lipinski definition) is 5. The predicted octanol–water partition coefficient (Wildman–Crippen LogP) is 0.472. The first-order valence-corrected chi connectivity index (χ1v) is 6.68. The van der Waals surface area contributed by atoms with Crippen LogP contribution in [-0.4, -0.2) is 54.4 Å². The van der Waals surface area contributed by atoms with Gasteiger partial charge in [-0.05, 0) is 24.1 Å². The number of aliphatic carboxylic acids is 1. The molecule has 3 N–H and O–H groups in total. The lowest BCUT2D eigenvalue weighted by molar-refractivity contribution is -0.138. The van der Waals surface area contributed by atoms with Crippen molar-refractivity contribution in [3.63, 3.8) is 0 Å². The van der Waals surface area contributed by atoms with E-state index in [1.165, 1.54) is 0 Å². The first-order valence-electron chi connectivity index (χ1n) is 6.68. The van der Waals surface area contributed by atoms with Crippen molar-refractivity contribution in [1.82, 2.24) is 4.90 Å². The topological polar surface area (TPSA) is 102 Å². The van der Waals surface area contributed by atoms with Gasteiger partial charge in [-0.2, -0.15) is 0 Å². The van der Waals surface area contributed by atoms with Crippen LogP contribution >= 0.6 is 0 Å². The maximum Gasteiger partial charge on any atom is 0.415 e. The summed E-state index contributed by atoms with van der Waals surface area (Å²) >= 11 is 0. The summed E-state index contributed by atoms with van der Waals surface area (Å²) in [7, 11) is 0. The van der Waals surface area contributed by atoms with Gasteiger partial charge in [0, 0.05) is 13.1 Å². The molecule has 0 radical (unpaired) electrons. The van der Waals surface area contributed by atoms with Crippen molar-refractivity contribution in [1.29, 1.82) is 0 Å². The number of hydrogen-bond donors (Lipinski definition) is 2. The largest absolute Gasteiger partial charge is 0.480 e. The van der Waals surface area contributed by atoms with Crippen molar-refractivity contribution in [3.05, 3.63) is 29.8 Å². The van der Waals surface area contributed by atoms with Gasteiger partial charge in [-0.1, -0.05) is 12.1 Å². The molecule has 7 nitrogen and oxygen atoms in total. The minimum absolute atomic E-state index is 0.229. The van der Waals surface area contributed by atoms with Crippen LogP contribution in [0.25, 0.3) is 0 Å². The Morgan fingerprint density at radius 2 is 1.90 bits per heavy atom. The van der Waals surface area contributed by atoms with Crippen LogP contribution in [0.3, 0.4) is 0 Å². The highest BCUT2D eigenvalue weighted by Crippen LogP contribution is 2.15. The number of benzene rings is 1. The van der Waals surface area contributed by atoms with Gasteiger partial charge in [0.1, 0.15) is 11.8 Å². The Balaban J connectivity index is 1.89. The lowest BCUT2D eigenvalue weighted by Crippen LogP contribution is -2.42. The number of carbonyl (C=O) groups is 2. The number of carboxylic acids is 1. The van der Waals surface area contributed by atoms with Crippen molar-refractivity contribution < 1.29 is 24.2 Å². The number of nitrogens with two attached hydrogens (primary N) is 1. The monoisotopic (exact) mass is 294 g/mol. The second kappa shape index (κ2) is 7.05. The van der Waals surface area contributed by atoms with Crippen LogP contribution < -0.4 is 10.5 Å². The van der Waals surface area contributed by atoms with Crippen LogP contribution in [0.5, 0.6) is 5.75 Å². The van der Waals surface area contributed by atoms with Crippen molar-refractivity contribution in [2.45, 2.75) is 12.5 Å². The second-order valence-electron chi connectivity index (χ2n) is 4.76. The number of amides is 1. The minimum atomic E-state index is -1.04. The Kier molecular flexibility index (Phi) is 5.13. The van der Waals surface area contributed by atoms with Crippen LogP contribution in [-0.2, 0) is 16.0 Å². The minimum Gasteiger partial charge on any atom is -0.480 e. The Bertz CT molecular complexity index is 497. The average Bonchev–Trinajstić information content (AvgIpc) is 2.50. The summed E-state index contributed by atoms with van der Waals surface area (Å²) in [5.74, 6) is -0.628. The van der Waals surface area contributed by atoms with Crippen molar-refractivity contribution in [3.8, 4) is 5.75 Å². The molecule has 1 aliphatic rings. The standard InChI is InChI=1S/C14H18N2O5/c15-12(13(17)18)9-10-1-3-11(4-2-10)21-14(19)16-5-7-20-8-6-16/h1-4,12H,5-9,15H2,(H,17,18)/t12-/m1/s1. The van der Waals surface area contributed by atoms with Crippen LogP contribution in [0.2, 0.25) is 0 Å². The molecule has 1 saturated heterocycles. The Morgan fingerprint density at radius 3 is 2.48 bits per heavy atom. The van der Waals surface area contributed by atoms with Crippen molar-refractivity contribution in [2.75, 3.05) is 26.3 Å². The molecule has 0 spiro atoms. The summed E-state index contributed by atoms with van der Waals surface area (Å²) in [4.78, 5) is 24.1. The van der Waals surface area contributed by atoms with Gasteiger partial charge in [0.25, 0.3) is 0 Å². The molecule has 1 aromatic carbocycles. The Morgan fingerprint density at radius 1 is 1.29 bits per heavy atom. The molecule has 1 fully saturated rings. The number of nitrogens with zero attached hydrogens (tertiary/aromatic N) is 1. The SMILES string of the molecule is N[C@H](Cc1ccc(OC(=O)N2CCOCC2)cc1)C(=O)O. The summed E-state index contributed by atoms with van der Waals surface area (Å²) in [6.45, 7) is 2.07. The fourth-order valence-corrected chi connectivity index (χ4v) is 1.95. The maximum absolute atomic E-state index is 11.9. The van der Waals surface area contributed by atoms with E-state index in [2.05, 4.69) is 0 Å². The first-order chi connectivity index (χ1) is 10.1. The zero-order valence-electron chi connectivity index (χ0n) is 11.5. The number of rotatable bonds is 4. The fraction of sp³-hybridized carbons (Fsp3) is 0.429. The average molecular weight is 294 g/mol. The summed E-state index contributed by atoms with van der Waals surface area (Å²) in [5, 5.41) is 8.75. The van der Waals surface area contributed by atoms with E-state index in [-0.39, 0.29) is 6.42 Å². The van der Waals surface area contributed by atoms with Crippen molar-refractivity contribution in [2.24, 2.45) is 5.73 Å². The first kappa shape index (κ1) is 15.3. The molecular formula is C14H18N2O5. The molecular weight excluding hydrogens is 276 g/mol. The van der Waals surface area contributed by atoms with Crippen LogP contribution in [0, 0.1) is 0 Å². The highest BCUT2D eigenvalue weighted by Gasteiger charge is 2.18. The van der Waals surface area contributed by atoms with Gasteiger partial charge in [0.05, 0.1) is 13.2 Å². The van der Waals surface area contributed by atoms with E-state index in [9.17, 15) is 9.59 Å². The van der Waals surface area contributed by atoms with E-state index < -0.39 is 18.1 Å². The summed E-state index contributed by atoms with van der Waals surface area (Å²) in [6, 6.07) is 5.71. The van der Waals surface area contributed by atoms with E-state index >= 15 is 0 Å². The van der Waals surface area contributed by atoms with Gasteiger partial charge in [0.15, 0.2) is 0 Å². The lowest BCUT2D eigenvalue weighted by Gasteiger charge is -2.25. The molecule has 2 rings (SSSR count).